The summed E-state index contributed by atoms with van der Waals surface area (Å²) in [5, 5.41) is 14.0. The van der Waals surface area contributed by atoms with Gasteiger partial charge in [0.15, 0.2) is 0 Å². The molecule has 3 aromatic rings. The molecule has 2 aliphatic rings. The van der Waals surface area contributed by atoms with E-state index < -0.39 is 59.7 Å². The number of ether oxygens (including phenoxy) is 1. The molecule has 3 heterocycles. The highest BCUT2D eigenvalue weighted by molar-refractivity contribution is 8.18. The number of rotatable bonds is 6. The minimum Gasteiger partial charge on any atom is -0.444 e. The van der Waals surface area contributed by atoms with Gasteiger partial charge in [0.25, 0.3) is 11.1 Å². The molecule has 0 spiro atoms. The zero-order valence-electron chi connectivity index (χ0n) is 25.6. The summed E-state index contributed by atoms with van der Waals surface area (Å²) in [6.45, 7) is 4.32. The molecule has 47 heavy (non-hydrogen) atoms. The first-order valence-electron chi connectivity index (χ1n) is 14.5. The van der Waals surface area contributed by atoms with Crippen LogP contribution in [0.25, 0.3) is 17.0 Å². The Bertz CT molecular complexity index is 1770. The van der Waals surface area contributed by atoms with Crippen LogP contribution in [0.4, 0.5) is 22.8 Å². The van der Waals surface area contributed by atoms with Gasteiger partial charge in [0.2, 0.25) is 5.91 Å². The largest absolute Gasteiger partial charge is 0.444 e. The predicted molar refractivity (Wildman–Crippen MR) is 168 cm³/mol. The first kappa shape index (κ1) is 34.3. The fraction of sp³-hybridized carbons (Fsp3) is 0.387. The summed E-state index contributed by atoms with van der Waals surface area (Å²) >= 11 is 6.47. The van der Waals surface area contributed by atoms with Crippen LogP contribution in [0, 0.1) is 0 Å². The summed E-state index contributed by atoms with van der Waals surface area (Å²) in [5.41, 5.74) is -0.497. The van der Waals surface area contributed by atoms with Gasteiger partial charge in [-0.05, 0) is 74.0 Å². The smallest absolute Gasteiger partial charge is 0.416 e. The number of aliphatic hydroxyl groups excluding tert-OH is 1. The lowest BCUT2D eigenvalue weighted by atomic mass is 10.1. The molecule has 0 bridgehead atoms. The van der Waals surface area contributed by atoms with Crippen molar-refractivity contribution in [3.8, 4) is 0 Å². The topological polar surface area (TPSA) is 125 Å². The summed E-state index contributed by atoms with van der Waals surface area (Å²) in [6, 6.07) is 7.83. The van der Waals surface area contributed by atoms with Gasteiger partial charge in [0.05, 0.1) is 41.4 Å². The average molecular weight is 694 g/mol. The Hall–Kier alpha value is -4.08. The van der Waals surface area contributed by atoms with Crippen LogP contribution < -0.4 is 0 Å². The van der Waals surface area contributed by atoms with Gasteiger partial charge in [0, 0.05) is 30.0 Å². The summed E-state index contributed by atoms with van der Waals surface area (Å²) in [4.78, 5) is 55.2. The summed E-state index contributed by atoms with van der Waals surface area (Å²) in [7, 11) is 0. The second kappa shape index (κ2) is 13.2. The standard InChI is InChI=1S/C31H31ClF3N5O6S/c1-30(2,3)46-28(44)38-9-8-37(15-22(38)17-41)26(42)16-39-27(43)25(47-29(39)45)11-18-4-7-24-20(10-18)13-36-40(24)14-19-5-6-21(32)12-23(19)31(33,34)35/h4-7,10-13,22,41H,8-9,14-17H2,1-3H3/b25-11-/t22-/m1/s1. The zero-order chi connectivity index (χ0) is 34.3. The van der Waals surface area contributed by atoms with Crippen LogP contribution in [0.3, 0.4) is 0 Å². The normalized spacial score (nSPS) is 18.5. The van der Waals surface area contributed by atoms with Gasteiger partial charge in [-0.1, -0.05) is 23.7 Å². The Morgan fingerprint density at radius 2 is 1.87 bits per heavy atom. The molecule has 1 N–H and O–H groups in total. The fourth-order valence-electron chi connectivity index (χ4n) is 5.26. The van der Waals surface area contributed by atoms with E-state index in [1.54, 1.807) is 39.0 Å². The van der Waals surface area contributed by atoms with E-state index in [4.69, 9.17) is 16.3 Å². The second-order valence-electron chi connectivity index (χ2n) is 12.0. The Labute approximate surface area is 276 Å². The molecular formula is C31H31ClF3N5O6S. The van der Waals surface area contributed by atoms with Crippen LogP contribution in [-0.4, -0.2) is 97.2 Å². The van der Waals surface area contributed by atoms with E-state index in [9.17, 15) is 37.5 Å². The molecule has 2 aromatic carbocycles. The summed E-state index contributed by atoms with van der Waals surface area (Å²) < 4.78 is 47.6. The van der Waals surface area contributed by atoms with Crippen molar-refractivity contribution in [2.45, 2.75) is 45.1 Å². The van der Waals surface area contributed by atoms with E-state index in [-0.39, 0.29) is 41.7 Å². The first-order valence-corrected chi connectivity index (χ1v) is 15.7. The molecule has 250 valence electrons. The van der Waals surface area contributed by atoms with Gasteiger partial charge in [0.1, 0.15) is 12.1 Å². The minimum absolute atomic E-state index is 0.00370. The van der Waals surface area contributed by atoms with Gasteiger partial charge >= 0.3 is 12.3 Å². The maximum Gasteiger partial charge on any atom is 0.416 e. The first-order chi connectivity index (χ1) is 22.0. The molecule has 1 atom stereocenters. The highest BCUT2D eigenvalue weighted by Crippen LogP contribution is 2.35. The third-order valence-corrected chi connectivity index (χ3v) is 8.64. The lowest BCUT2D eigenvalue weighted by Gasteiger charge is -2.41. The summed E-state index contributed by atoms with van der Waals surface area (Å²) in [5.74, 6) is -1.17. The van der Waals surface area contributed by atoms with Gasteiger partial charge in [-0.15, -0.1) is 0 Å². The van der Waals surface area contributed by atoms with E-state index in [1.807, 2.05) is 0 Å². The van der Waals surface area contributed by atoms with Crippen molar-refractivity contribution in [2.24, 2.45) is 0 Å². The van der Waals surface area contributed by atoms with Gasteiger partial charge in [-0.2, -0.15) is 18.3 Å². The summed E-state index contributed by atoms with van der Waals surface area (Å²) in [6.07, 6.45) is -2.22. The number of fused-ring (bicyclic) bond motifs is 1. The molecular weight excluding hydrogens is 663 g/mol. The van der Waals surface area contributed by atoms with E-state index in [0.717, 1.165) is 11.0 Å². The maximum absolute atomic E-state index is 13.6. The molecule has 0 saturated carbocycles. The molecule has 2 aliphatic heterocycles. The number of thioether (sulfide) groups is 1. The van der Waals surface area contributed by atoms with Crippen molar-refractivity contribution in [1.29, 1.82) is 0 Å². The number of nitrogens with zero attached hydrogens (tertiary/aromatic N) is 5. The number of carbonyl (C=O) groups is 4. The monoisotopic (exact) mass is 693 g/mol. The molecule has 0 unspecified atom stereocenters. The van der Waals surface area contributed by atoms with Crippen LogP contribution >= 0.6 is 23.4 Å². The number of carbonyl (C=O) groups excluding carboxylic acids is 4. The predicted octanol–water partition coefficient (Wildman–Crippen LogP) is 5.23. The Morgan fingerprint density at radius 1 is 1.13 bits per heavy atom. The number of amides is 4. The quantitative estimate of drug-likeness (QED) is 0.348. The molecule has 0 aliphatic carbocycles. The highest BCUT2D eigenvalue weighted by Gasteiger charge is 2.40. The third kappa shape index (κ3) is 7.74. The van der Waals surface area contributed by atoms with Gasteiger partial charge in [-0.25, -0.2) is 4.79 Å². The highest BCUT2D eigenvalue weighted by atomic mass is 35.5. The van der Waals surface area contributed by atoms with Crippen LogP contribution in [-0.2, 0) is 27.0 Å². The van der Waals surface area contributed by atoms with Crippen molar-refractivity contribution < 1.29 is 42.2 Å². The Kier molecular flexibility index (Phi) is 9.62. The minimum atomic E-state index is -4.59. The Balaban J connectivity index is 1.25. The molecule has 2 fully saturated rings. The number of aromatic nitrogens is 2. The molecule has 1 aromatic heterocycles. The Morgan fingerprint density at radius 3 is 2.55 bits per heavy atom. The number of aliphatic hydroxyl groups is 1. The number of hydrogen-bond donors (Lipinski definition) is 1. The number of alkyl halides is 3. The second-order valence-corrected chi connectivity index (χ2v) is 13.5. The zero-order valence-corrected chi connectivity index (χ0v) is 27.2. The number of piperazine rings is 1. The van der Waals surface area contributed by atoms with E-state index in [0.29, 0.717) is 28.2 Å². The lowest BCUT2D eigenvalue weighted by Crippen LogP contribution is -2.59. The average Bonchev–Trinajstić information content (AvgIpc) is 3.51. The number of imide groups is 1. The van der Waals surface area contributed by atoms with Crippen LogP contribution in [0.2, 0.25) is 5.02 Å². The van der Waals surface area contributed by atoms with E-state index >= 15 is 0 Å². The van der Waals surface area contributed by atoms with Gasteiger partial charge in [-0.3, -0.25) is 28.9 Å². The lowest BCUT2D eigenvalue weighted by molar-refractivity contribution is -0.138. The fourth-order valence-corrected chi connectivity index (χ4v) is 6.27. The molecule has 4 amide bonds. The van der Waals surface area contributed by atoms with Crippen molar-refractivity contribution in [3.63, 3.8) is 0 Å². The van der Waals surface area contributed by atoms with Crippen molar-refractivity contribution >= 4 is 63.5 Å². The van der Waals surface area contributed by atoms with Crippen molar-refractivity contribution in [3.05, 3.63) is 69.2 Å². The van der Waals surface area contributed by atoms with Crippen molar-refractivity contribution in [2.75, 3.05) is 32.8 Å². The molecule has 16 heteroatoms. The third-order valence-electron chi connectivity index (χ3n) is 7.50. The van der Waals surface area contributed by atoms with Crippen LogP contribution in [0.1, 0.15) is 37.5 Å². The molecule has 0 radical (unpaired) electrons. The van der Waals surface area contributed by atoms with E-state index in [1.165, 1.54) is 38.9 Å². The maximum atomic E-state index is 13.6. The van der Waals surface area contributed by atoms with Crippen LogP contribution in [0.15, 0.2) is 47.5 Å². The number of benzene rings is 2. The number of halogens is 4. The molecule has 5 rings (SSSR count). The molecule has 11 nitrogen and oxygen atoms in total. The van der Waals surface area contributed by atoms with Crippen LogP contribution in [0.5, 0.6) is 0 Å². The molecule has 2 saturated heterocycles. The van der Waals surface area contributed by atoms with Gasteiger partial charge < -0.3 is 14.7 Å². The number of hydrogen-bond acceptors (Lipinski definition) is 8. The van der Waals surface area contributed by atoms with E-state index in [2.05, 4.69) is 5.10 Å². The van der Waals surface area contributed by atoms with Crippen molar-refractivity contribution in [1.82, 2.24) is 24.5 Å². The SMILES string of the molecule is CC(C)(C)OC(=O)N1CCN(C(=O)CN2C(=O)S/C(=C\c3ccc4c(cnn4Cc4ccc(Cl)cc4C(F)(F)F)c3)C2=O)C[C@@H]1CO.